The molecule has 0 aliphatic carbocycles. The van der Waals surface area contributed by atoms with E-state index in [1.807, 2.05) is 17.6 Å². The SMILES string of the molecule is CCc1cnccc1-c1nc(CN)cs1. The van der Waals surface area contributed by atoms with Gasteiger partial charge in [-0.15, -0.1) is 11.3 Å². The van der Waals surface area contributed by atoms with E-state index in [-0.39, 0.29) is 0 Å². The van der Waals surface area contributed by atoms with Gasteiger partial charge in [0.05, 0.1) is 5.69 Å². The van der Waals surface area contributed by atoms with Crippen molar-refractivity contribution in [3.63, 3.8) is 0 Å². The highest BCUT2D eigenvalue weighted by atomic mass is 32.1. The van der Waals surface area contributed by atoms with E-state index in [9.17, 15) is 0 Å². The van der Waals surface area contributed by atoms with E-state index in [0.29, 0.717) is 6.54 Å². The standard InChI is InChI=1S/C11H13N3S/c1-2-8-6-13-4-3-10(8)11-14-9(5-12)7-15-11/h3-4,6-7H,2,5,12H2,1H3. The predicted octanol–water partition coefficient (Wildman–Crippen LogP) is 2.23. The molecule has 2 rings (SSSR count). The molecule has 0 aliphatic rings. The van der Waals surface area contributed by atoms with E-state index in [1.165, 1.54) is 11.1 Å². The van der Waals surface area contributed by atoms with Crippen LogP contribution in [0.2, 0.25) is 0 Å². The fourth-order valence-electron chi connectivity index (χ4n) is 1.44. The highest BCUT2D eigenvalue weighted by Crippen LogP contribution is 2.26. The first-order chi connectivity index (χ1) is 7.35. The Morgan fingerprint density at radius 2 is 2.33 bits per heavy atom. The lowest BCUT2D eigenvalue weighted by Crippen LogP contribution is -1.96. The van der Waals surface area contributed by atoms with Gasteiger partial charge >= 0.3 is 0 Å². The molecule has 3 nitrogen and oxygen atoms in total. The maximum Gasteiger partial charge on any atom is 0.124 e. The number of thiazole rings is 1. The molecule has 0 fully saturated rings. The van der Waals surface area contributed by atoms with Gasteiger partial charge in [-0.3, -0.25) is 4.98 Å². The number of hydrogen-bond donors (Lipinski definition) is 1. The highest BCUT2D eigenvalue weighted by molar-refractivity contribution is 7.13. The first-order valence-corrected chi connectivity index (χ1v) is 5.80. The molecule has 4 heteroatoms. The van der Waals surface area contributed by atoms with Gasteiger partial charge in [-0.2, -0.15) is 0 Å². The van der Waals surface area contributed by atoms with Crippen LogP contribution in [0.3, 0.4) is 0 Å². The molecule has 15 heavy (non-hydrogen) atoms. The smallest absolute Gasteiger partial charge is 0.124 e. The predicted molar refractivity (Wildman–Crippen MR) is 62.6 cm³/mol. The van der Waals surface area contributed by atoms with Crippen molar-refractivity contribution in [1.82, 2.24) is 9.97 Å². The largest absolute Gasteiger partial charge is 0.325 e. The Labute approximate surface area is 93.0 Å². The van der Waals surface area contributed by atoms with Crippen molar-refractivity contribution >= 4 is 11.3 Å². The number of rotatable bonds is 3. The zero-order valence-electron chi connectivity index (χ0n) is 8.60. The normalized spacial score (nSPS) is 10.5. The average molecular weight is 219 g/mol. The van der Waals surface area contributed by atoms with Gasteiger partial charge in [0, 0.05) is 29.9 Å². The van der Waals surface area contributed by atoms with Gasteiger partial charge in [-0.1, -0.05) is 6.92 Å². The van der Waals surface area contributed by atoms with Crippen molar-refractivity contribution in [3.8, 4) is 10.6 Å². The molecule has 0 aliphatic heterocycles. The fourth-order valence-corrected chi connectivity index (χ4v) is 2.33. The van der Waals surface area contributed by atoms with Gasteiger partial charge in [0.2, 0.25) is 0 Å². The minimum atomic E-state index is 0.503. The summed E-state index contributed by atoms with van der Waals surface area (Å²) in [6.07, 6.45) is 4.68. The number of aromatic nitrogens is 2. The third-order valence-electron chi connectivity index (χ3n) is 2.28. The van der Waals surface area contributed by atoms with Crippen LogP contribution in [-0.4, -0.2) is 9.97 Å². The Balaban J connectivity index is 2.44. The number of nitrogens with two attached hydrogens (primary N) is 1. The maximum atomic E-state index is 5.54. The quantitative estimate of drug-likeness (QED) is 0.861. The summed E-state index contributed by atoms with van der Waals surface area (Å²) in [7, 11) is 0. The van der Waals surface area contributed by atoms with Crippen LogP contribution in [0, 0.1) is 0 Å². The van der Waals surface area contributed by atoms with Gasteiger partial charge in [0.1, 0.15) is 5.01 Å². The zero-order valence-corrected chi connectivity index (χ0v) is 9.42. The Morgan fingerprint density at radius 3 is 3.00 bits per heavy atom. The molecule has 0 unspecified atom stereocenters. The maximum absolute atomic E-state index is 5.54. The van der Waals surface area contributed by atoms with E-state index in [2.05, 4.69) is 16.9 Å². The second-order valence-electron chi connectivity index (χ2n) is 3.23. The lowest BCUT2D eigenvalue weighted by atomic mass is 10.1. The molecule has 0 spiro atoms. The molecule has 2 aromatic rings. The van der Waals surface area contributed by atoms with E-state index in [1.54, 1.807) is 17.5 Å². The van der Waals surface area contributed by atoms with E-state index < -0.39 is 0 Å². The van der Waals surface area contributed by atoms with Crippen LogP contribution in [0.15, 0.2) is 23.8 Å². The molecule has 0 radical (unpaired) electrons. The molecule has 0 atom stereocenters. The van der Waals surface area contributed by atoms with Gasteiger partial charge in [-0.05, 0) is 18.1 Å². The van der Waals surface area contributed by atoms with E-state index in [4.69, 9.17) is 5.73 Å². The average Bonchev–Trinajstić information content (AvgIpc) is 2.77. The Bertz CT molecular complexity index is 451. The topological polar surface area (TPSA) is 51.8 Å². The van der Waals surface area contributed by atoms with Crippen LogP contribution in [-0.2, 0) is 13.0 Å². The molecule has 0 aromatic carbocycles. The van der Waals surface area contributed by atoms with Gasteiger partial charge in [0.25, 0.3) is 0 Å². The summed E-state index contributed by atoms with van der Waals surface area (Å²) in [6.45, 7) is 2.63. The molecular formula is C11H13N3S. The molecular weight excluding hydrogens is 206 g/mol. The number of nitrogens with zero attached hydrogens (tertiary/aromatic N) is 2. The van der Waals surface area contributed by atoms with Crippen molar-refractivity contribution in [3.05, 3.63) is 35.1 Å². The summed E-state index contributed by atoms with van der Waals surface area (Å²) in [4.78, 5) is 8.59. The van der Waals surface area contributed by atoms with Crippen LogP contribution in [0.25, 0.3) is 10.6 Å². The van der Waals surface area contributed by atoms with Crippen LogP contribution in [0.4, 0.5) is 0 Å². The van der Waals surface area contributed by atoms with Crippen LogP contribution >= 0.6 is 11.3 Å². The highest BCUT2D eigenvalue weighted by Gasteiger charge is 2.07. The van der Waals surface area contributed by atoms with Crippen molar-refractivity contribution in [1.29, 1.82) is 0 Å². The molecule has 2 aromatic heterocycles. The Hall–Kier alpha value is -1.26. The Morgan fingerprint density at radius 1 is 1.47 bits per heavy atom. The summed E-state index contributed by atoms with van der Waals surface area (Å²) < 4.78 is 0. The summed E-state index contributed by atoms with van der Waals surface area (Å²) in [5.74, 6) is 0. The molecule has 2 heterocycles. The van der Waals surface area contributed by atoms with E-state index >= 15 is 0 Å². The van der Waals surface area contributed by atoms with Gasteiger partial charge in [-0.25, -0.2) is 4.98 Å². The summed E-state index contributed by atoms with van der Waals surface area (Å²) in [5.41, 5.74) is 8.91. The molecule has 0 amide bonds. The third kappa shape index (κ3) is 2.06. The lowest BCUT2D eigenvalue weighted by molar-refractivity contribution is 1.01. The second-order valence-corrected chi connectivity index (χ2v) is 4.09. The second kappa shape index (κ2) is 4.51. The van der Waals surface area contributed by atoms with Crippen LogP contribution in [0.1, 0.15) is 18.2 Å². The zero-order chi connectivity index (χ0) is 10.7. The molecule has 0 bridgehead atoms. The van der Waals surface area contributed by atoms with E-state index in [0.717, 1.165) is 17.1 Å². The van der Waals surface area contributed by atoms with Crippen molar-refractivity contribution in [2.45, 2.75) is 19.9 Å². The lowest BCUT2D eigenvalue weighted by Gasteiger charge is -2.02. The minimum Gasteiger partial charge on any atom is -0.325 e. The molecule has 0 saturated heterocycles. The van der Waals surface area contributed by atoms with Gasteiger partial charge in [0.15, 0.2) is 0 Å². The van der Waals surface area contributed by atoms with Crippen molar-refractivity contribution in [2.24, 2.45) is 5.73 Å². The molecule has 78 valence electrons. The summed E-state index contributed by atoms with van der Waals surface area (Å²) in [5, 5.41) is 3.05. The molecule has 0 saturated carbocycles. The summed E-state index contributed by atoms with van der Waals surface area (Å²) >= 11 is 1.64. The first kappa shape index (κ1) is 10.3. The number of pyridine rings is 1. The third-order valence-corrected chi connectivity index (χ3v) is 3.20. The minimum absolute atomic E-state index is 0.503. The van der Waals surface area contributed by atoms with Crippen molar-refractivity contribution in [2.75, 3.05) is 0 Å². The van der Waals surface area contributed by atoms with Crippen LogP contribution in [0.5, 0.6) is 0 Å². The first-order valence-electron chi connectivity index (χ1n) is 4.93. The Kier molecular flexibility index (Phi) is 3.08. The van der Waals surface area contributed by atoms with Crippen LogP contribution < -0.4 is 5.73 Å². The monoisotopic (exact) mass is 219 g/mol. The number of hydrogen-bond acceptors (Lipinski definition) is 4. The molecule has 2 N–H and O–H groups in total. The van der Waals surface area contributed by atoms with Crippen molar-refractivity contribution < 1.29 is 0 Å². The van der Waals surface area contributed by atoms with Gasteiger partial charge < -0.3 is 5.73 Å². The number of aryl methyl sites for hydroxylation is 1. The fraction of sp³-hybridized carbons (Fsp3) is 0.273. The summed E-state index contributed by atoms with van der Waals surface area (Å²) in [6, 6.07) is 2.01.